The van der Waals surface area contributed by atoms with Crippen molar-refractivity contribution in [1.29, 1.82) is 0 Å². The van der Waals surface area contributed by atoms with Crippen molar-refractivity contribution in [2.75, 3.05) is 7.11 Å². The van der Waals surface area contributed by atoms with Gasteiger partial charge < -0.3 is 15.2 Å². The molecular formula is C14H20N2O4. The maximum absolute atomic E-state index is 12.3. The number of nitrogens with zero attached hydrogens (tertiary/aromatic N) is 1. The predicted molar refractivity (Wildman–Crippen MR) is 73.8 cm³/mol. The molecular weight excluding hydrogens is 260 g/mol. The normalized spacial score (nSPS) is 13.7. The van der Waals surface area contributed by atoms with Gasteiger partial charge in [-0.3, -0.25) is 9.59 Å². The molecule has 1 atom stereocenters. The first-order chi connectivity index (χ1) is 9.30. The number of methoxy groups -OCH3 is 1. The molecule has 1 rings (SSSR count). The zero-order chi connectivity index (χ0) is 15.3. The Morgan fingerprint density at radius 2 is 2.15 bits per heavy atom. The Bertz CT molecular complexity index is 502. The lowest BCUT2D eigenvalue weighted by Crippen LogP contribution is -2.51. The molecule has 0 aliphatic heterocycles. The third-order valence-electron chi connectivity index (χ3n) is 3.40. The number of ether oxygens (including phenoxy) is 1. The van der Waals surface area contributed by atoms with Crippen LogP contribution in [0.2, 0.25) is 0 Å². The second-order valence-corrected chi connectivity index (χ2v) is 5.16. The van der Waals surface area contributed by atoms with E-state index >= 15 is 0 Å². The Labute approximate surface area is 118 Å². The summed E-state index contributed by atoms with van der Waals surface area (Å²) in [6, 6.07) is 3.21. The summed E-state index contributed by atoms with van der Waals surface area (Å²) in [7, 11) is 1.43. The number of pyridine rings is 1. The highest BCUT2D eigenvalue weighted by Gasteiger charge is 2.33. The molecule has 6 nitrogen and oxygen atoms in total. The minimum Gasteiger partial charge on any atom is -0.481 e. The second kappa shape index (κ2) is 6.36. The fourth-order valence-corrected chi connectivity index (χ4v) is 1.76. The number of rotatable bonds is 6. The molecule has 0 saturated carbocycles. The van der Waals surface area contributed by atoms with Crippen LogP contribution in [-0.4, -0.2) is 34.6 Å². The summed E-state index contributed by atoms with van der Waals surface area (Å²) >= 11 is 0. The molecule has 0 radical (unpaired) electrons. The van der Waals surface area contributed by atoms with Crippen molar-refractivity contribution < 1.29 is 19.4 Å². The summed E-state index contributed by atoms with van der Waals surface area (Å²) in [6.45, 7) is 5.44. The third-order valence-corrected chi connectivity index (χ3v) is 3.40. The van der Waals surface area contributed by atoms with Crippen molar-refractivity contribution >= 4 is 11.9 Å². The monoisotopic (exact) mass is 280 g/mol. The molecule has 0 saturated heterocycles. The van der Waals surface area contributed by atoms with E-state index in [9.17, 15) is 9.59 Å². The molecule has 0 aliphatic carbocycles. The van der Waals surface area contributed by atoms with Crippen LogP contribution in [-0.2, 0) is 4.79 Å². The van der Waals surface area contributed by atoms with Crippen molar-refractivity contribution in [3.8, 4) is 5.88 Å². The lowest BCUT2D eigenvalue weighted by molar-refractivity contribution is -0.138. The highest BCUT2D eigenvalue weighted by Crippen LogP contribution is 2.23. The van der Waals surface area contributed by atoms with Gasteiger partial charge in [0.2, 0.25) is 5.88 Å². The lowest BCUT2D eigenvalue weighted by Gasteiger charge is -2.33. The van der Waals surface area contributed by atoms with E-state index < -0.39 is 17.4 Å². The molecule has 1 amide bonds. The van der Waals surface area contributed by atoms with Crippen molar-refractivity contribution in [2.45, 2.75) is 32.7 Å². The van der Waals surface area contributed by atoms with E-state index in [0.717, 1.165) is 0 Å². The highest BCUT2D eigenvalue weighted by molar-refractivity contribution is 5.97. The Kier molecular flexibility index (Phi) is 5.07. The Morgan fingerprint density at radius 1 is 1.50 bits per heavy atom. The van der Waals surface area contributed by atoms with Gasteiger partial charge >= 0.3 is 5.97 Å². The van der Waals surface area contributed by atoms with E-state index in [0.29, 0.717) is 0 Å². The van der Waals surface area contributed by atoms with E-state index in [1.54, 1.807) is 19.1 Å². The SMILES string of the molecule is COc1ncccc1C(=O)NC(C)(CC(=O)O)C(C)C. The van der Waals surface area contributed by atoms with Crippen LogP contribution in [0, 0.1) is 5.92 Å². The van der Waals surface area contributed by atoms with Crippen molar-refractivity contribution in [1.82, 2.24) is 10.3 Å². The minimum absolute atomic E-state index is 0.0368. The van der Waals surface area contributed by atoms with Crippen molar-refractivity contribution in [3.05, 3.63) is 23.9 Å². The van der Waals surface area contributed by atoms with Gasteiger partial charge in [0, 0.05) is 6.20 Å². The van der Waals surface area contributed by atoms with E-state index in [2.05, 4.69) is 10.3 Å². The summed E-state index contributed by atoms with van der Waals surface area (Å²) < 4.78 is 5.03. The zero-order valence-electron chi connectivity index (χ0n) is 12.1. The summed E-state index contributed by atoms with van der Waals surface area (Å²) in [5, 5.41) is 11.8. The fourth-order valence-electron chi connectivity index (χ4n) is 1.76. The molecule has 0 aromatic carbocycles. The van der Waals surface area contributed by atoms with Crippen molar-refractivity contribution in [2.24, 2.45) is 5.92 Å². The first kappa shape index (κ1) is 15.9. The van der Waals surface area contributed by atoms with Gasteiger partial charge in [0.15, 0.2) is 0 Å². The number of aliphatic carboxylic acids is 1. The van der Waals surface area contributed by atoms with Crippen LogP contribution in [0.5, 0.6) is 5.88 Å². The van der Waals surface area contributed by atoms with Crippen LogP contribution < -0.4 is 10.1 Å². The number of carboxylic acids is 1. The first-order valence-corrected chi connectivity index (χ1v) is 6.33. The quantitative estimate of drug-likeness (QED) is 0.828. The average Bonchev–Trinajstić information content (AvgIpc) is 2.37. The molecule has 0 fully saturated rings. The number of carbonyl (C=O) groups is 2. The molecule has 0 spiro atoms. The average molecular weight is 280 g/mol. The molecule has 0 aliphatic rings. The van der Waals surface area contributed by atoms with E-state index in [4.69, 9.17) is 9.84 Å². The molecule has 6 heteroatoms. The van der Waals surface area contributed by atoms with Gasteiger partial charge in [-0.05, 0) is 25.0 Å². The van der Waals surface area contributed by atoms with Crippen LogP contribution in [0.1, 0.15) is 37.6 Å². The summed E-state index contributed by atoms with van der Waals surface area (Å²) in [5.74, 6) is -1.18. The topological polar surface area (TPSA) is 88.5 Å². The van der Waals surface area contributed by atoms with Crippen LogP contribution in [0.15, 0.2) is 18.3 Å². The Hall–Kier alpha value is -2.11. The van der Waals surface area contributed by atoms with Gasteiger partial charge in [-0.1, -0.05) is 13.8 Å². The highest BCUT2D eigenvalue weighted by atomic mass is 16.5. The molecule has 1 heterocycles. The number of hydrogen-bond acceptors (Lipinski definition) is 4. The first-order valence-electron chi connectivity index (χ1n) is 6.33. The molecule has 2 N–H and O–H groups in total. The molecule has 1 aromatic heterocycles. The van der Waals surface area contributed by atoms with Crippen LogP contribution >= 0.6 is 0 Å². The van der Waals surface area contributed by atoms with E-state index in [-0.39, 0.29) is 23.8 Å². The van der Waals surface area contributed by atoms with E-state index in [1.807, 2.05) is 13.8 Å². The second-order valence-electron chi connectivity index (χ2n) is 5.16. The van der Waals surface area contributed by atoms with E-state index in [1.165, 1.54) is 13.3 Å². The number of nitrogens with one attached hydrogen (secondary N) is 1. The number of aromatic nitrogens is 1. The van der Waals surface area contributed by atoms with Gasteiger partial charge in [0.25, 0.3) is 5.91 Å². The van der Waals surface area contributed by atoms with Crippen LogP contribution in [0.25, 0.3) is 0 Å². The molecule has 1 unspecified atom stereocenters. The van der Waals surface area contributed by atoms with Gasteiger partial charge in [0.1, 0.15) is 5.56 Å². The maximum atomic E-state index is 12.3. The lowest BCUT2D eigenvalue weighted by atomic mass is 9.85. The minimum atomic E-state index is -0.959. The number of amides is 1. The third kappa shape index (κ3) is 3.69. The van der Waals surface area contributed by atoms with Gasteiger partial charge in [0.05, 0.1) is 19.1 Å². The van der Waals surface area contributed by atoms with Crippen LogP contribution in [0.3, 0.4) is 0 Å². The number of hydrogen-bond donors (Lipinski definition) is 2. The summed E-state index contributed by atoms with van der Waals surface area (Å²) in [6.07, 6.45) is 1.37. The smallest absolute Gasteiger partial charge is 0.305 e. The largest absolute Gasteiger partial charge is 0.481 e. The standard InChI is InChI=1S/C14H20N2O4/c1-9(2)14(3,8-11(17)18)16-12(19)10-6-5-7-15-13(10)20-4/h5-7,9H,8H2,1-4H3,(H,16,19)(H,17,18). The Balaban J connectivity index is 2.99. The van der Waals surface area contributed by atoms with Gasteiger partial charge in [-0.2, -0.15) is 0 Å². The number of carbonyl (C=O) groups excluding carboxylic acids is 1. The maximum Gasteiger partial charge on any atom is 0.305 e. The van der Waals surface area contributed by atoms with Gasteiger partial charge in [-0.25, -0.2) is 4.98 Å². The van der Waals surface area contributed by atoms with Crippen molar-refractivity contribution in [3.63, 3.8) is 0 Å². The summed E-state index contributed by atoms with van der Waals surface area (Å²) in [4.78, 5) is 27.2. The fraction of sp³-hybridized carbons (Fsp3) is 0.500. The summed E-state index contributed by atoms with van der Waals surface area (Å²) in [5.41, 5.74) is -0.559. The predicted octanol–water partition coefficient (Wildman–Crippen LogP) is 1.71. The molecule has 110 valence electrons. The van der Waals surface area contributed by atoms with Gasteiger partial charge in [-0.15, -0.1) is 0 Å². The van der Waals surface area contributed by atoms with Crippen LogP contribution in [0.4, 0.5) is 0 Å². The molecule has 0 bridgehead atoms. The molecule has 20 heavy (non-hydrogen) atoms. The zero-order valence-corrected chi connectivity index (χ0v) is 12.1. The Morgan fingerprint density at radius 3 is 2.65 bits per heavy atom. The number of carboxylic acid groups (broad SMARTS) is 1. The molecule has 1 aromatic rings.